The molecule has 2 radical (unpaired) electrons. The van der Waals surface area contributed by atoms with Crippen LogP contribution in [0.4, 0.5) is 13.2 Å². The van der Waals surface area contributed by atoms with E-state index < -0.39 is 11.9 Å². The van der Waals surface area contributed by atoms with Crippen LogP contribution in [0.3, 0.4) is 0 Å². The van der Waals surface area contributed by atoms with Crippen LogP contribution in [0.25, 0.3) is 10.9 Å². The fraction of sp³-hybridized carbons (Fsp3) is 0.111. The van der Waals surface area contributed by atoms with E-state index in [0.717, 1.165) is 6.07 Å². The van der Waals surface area contributed by atoms with Crippen LogP contribution in [0.15, 0.2) is 18.2 Å². The smallest absolute Gasteiger partial charge is 0.351 e. The molecule has 0 amide bonds. The molecule has 1 nitrogen and oxygen atoms in total. The highest BCUT2D eigenvalue weighted by Crippen LogP contribution is 2.31. The van der Waals surface area contributed by atoms with E-state index in [1.54, 1.807) is 0 Å². The third-order valence-electron chi connectivity index (χ3n) is 2.04. The van der Waals surface area contributed by atoms with Gasteiger partial charge in [-0.2, -0.15) is 13.2 Å². The molecule has 0 spiro atoms. The lowest BCUT2D eigenvalue weighted by atomic mass is 9.95. The minimum atomic E-state index is -4.39. The first-order valence-electron chi connectivity index (χ1n) is 4.03. The predicted octanol–water partition coefficient (Wildman–Crippen LogP) is 2.63. The number of hydrogen-bond donors (Lipinski definition) is 1. The van der Waals surface area contributed by atoms with E-state index >= 15 is 0 Å². The van der Waals surface area contributed by atoms with E-state index in [4.69, 9.17) is 19.4 Å². The van der Waals surface area contributed by atoms with Gasteiger partial charge < -0.3 is 4.98 Å². The van der Waals surface area contributed by atoms with Gasteiger partial charge in [0.1, 0.15) is 13.5 Å². The molecule has 2 aromatic rings. The Kier molecular flexibility index (Phi) is 2.22. The Morgan fingerprint density at radius 1 is 1.20 bits per heavy atom. The van der Waals surface area contributed by atoms with Crippen molar-refractivity contribution in [2.75, 3.05) is 0 Å². The first kappa shape index (κ1) is 10.4. The summed E-state index contributed by atoms with van der Waals surface area (Å²) < 4.78 is 37.0. The second-order valence-electron chi connectivity index (χ2n) is 3.14. The molecule has 2 rings (SSSR count). The van der Waals surface area contributed by atoms with Crippen LogP contribution >= 0.6 is 11.6 Å². The molecule has 0 aliphatic rings. The van der Waals surface area contributed by atoms with E-state index in [1.165, 1.54) is 12.1 Å². The van der Waals surface area contributed by atoms with Crippen LogP contribution in [0.5, 0.6) is 0 Å². The first-order valence-corrected chi connectivity index (χ1v) is 4.40. The van der Waals surface area contributed by atoms with Gasteiger partial charge in [0, 0.05) is 10.5 Å². The topological polar surface area (TPSA) is 15.8 Å². The summed E-state index contributed by atoms with van der Waals surface area (Å²) >= 11 is 5.68. The average molecular weight is 229 g/mol. The van der Waals surface area contributed by atoms with Gasteiger partial charge in [0.05, 0.1) is 0 Å². The number of benzene rings is 1. The molecule has 1 aromatic carbocycles. The quantitative estimate of drug-likeness (QED) is 0.669. The number of aromatic nitrogens is 1. The number of nitrogens with one attached hydrogen (secondary N) is 1. The van der Waals surface area contributed by atoms with E-state index in [-0.39, 0.29) is 10.5 Å². The average Bonchev–Trinajstić information content (AvgIpc) is 2.47. The highest BCUT2D eigenvalue weighted by molar-refractivity contribution is 6.45. The zero-order valence-corrected chi connectivity index (χ0v) is 8.08. The largest absolute Gasteiger partial charge is 0.431 e. The second kappa shape index (κ2) is 3.20. The Bertz CT molecular complexity index is 479. The van der Waals surface area contributed by atoms with Crippen molar-refractivity contribution in [1.82, 2.24) is 4.98 Å². The number of alkyl halides is 3. The number of rotatable bonds is 0. The van der Waals surface area contributed by atoms with Crippen molar-refractivity contribution in [2.45, 2.75) is 6.18 Å². The predicted molar refractivity (Wildman–Crippen MR) is 53.7 cm³/mol. The number of H-pyrrole nitrogens is 1. The maximum Gasteiger partial charge on any atom is 0.431 e. The fourth-order valence-corrected chi connectivity index (χ4v) is 1.49. The van der Waals surface area contributed by atoms with Crippen molar-refractivity contribution in [1.29, 1.82) is 0 Å². The molecular weight excluding hydrogens is 225 g/mol. The molecule has 15 heavy (non-hydrogen) atoms. The minimum Gasteiger partial charge on any atom is -0.351 e. The van der Waals surface area contributed by atoms with Crippen LogP contribution in [0, 0.1) is 0 Å². The second-order valence-corrected chi connectivity index (χ2v) is 3.55. The third-order valence-corrected chi connectivity index (χ3v) is 2.37. The van der Waals surface area contributed by atoms with Crippen molar-refractivity contribution in [3.8, 4) is 0 Å². The van der Waals surface area contributed by atoms with E-state index in [1.807, 2.05) is 0 Å². The molecule has 0 fully saturated rings. The molecule has 0 bridgehead atoms. The zero-order chi connectivity index (χ0) is 11.2. The number of halogens is 4. The van der Waals surface area contributed by atoms with Crippen LogP contribution in [0.1, 0.15) is 5.69 Å². The summed E-state index contributed by atoms with van der Waals surface area (Å²) in [6.07, 6.45) is -4.39. The molecule has 76 valence electrons. The lowest BCUT2D eigenvalue weighted by Crippen LogP contribution is -2.04. The molecule has 0 saturated carbocycles. The van der Waals surface area contributed by atoms with Gasteiger partial charge in [0.2, 0.25) is 0 Å². The molecule has 0 aliphatic heterocycles. The Morgan fingerprint density at radius 2 is 1.87 bits per heavy atom. The molecule has 0 atom stereocenters. The van der Waals surface area contributed by atoms with Gasteiger partial charge in [0.25, 0.3) is 0 Å². The molecule has 0 saturated heterocycles. The molecule has 1 aromatic heterocycles. The van der Waals surface area contributed by atoms with Crippen molar-refractivity contribution in [2.24, 2.45) is 0 Å². The number of hydrogen-bond acceptors (Lipinski definition) is 0. The molecule has 6 heteroatoms. The monoisotopic (exact) mass is 229 g/mol. The SMILES string of the molecule is [B]c1cc2cc(C(F)(F)F)[nH]c2cc1Cl. The van der Waals surface area contributed by atoms with Crippen molar-refractivity contribution in [3.05, 3.63) is 28.9 Å². The summed E-state index contributed by atoms with van der Waals surface area (Å²) in [5.41, 5.74) is -0.224. The van der Waals surface area contributed by atoms with Gasteiger partial charge >= 0.3 is 6.18 Å². The van der Waals surface area contributed by atoms with Crippen molar-refractivity contribution < 1.29 is 13.2 Å². The van der Waals surface area contributed by atoms with Crippen LogP contribution in [-0.4, -0.2) is 12.8 Å². The summed E-state index contributed by atoms with van der Waals surface area (Å²) in [5, 5.41) is 0.627. The third kappa shape index (κ3) is 1.84. The summed E-state index contributed by atoms with van der Waals surface area (Å²) in [6.45, 7) is 0. The number of fused-ring (bicyclic) bond motifs is 1. The van der Waals surface area contributed by atoms with Gasteiger partial charge in [-0.05, 0) is 17.5 Å². The summed E-state index contributed by atoms with van der Waals surface area (Å²) in [5.74, 6) is 0. The lowest BCUT2D eigenvalue weighted by molar-refractivity contribution is -0.140. The normalized spacial score (nSPS) is 12.3. The highest BCUT2D eigenvalue weighted by Gasteiger charge is 2.32. The van der Waals surface area contributed by atoms with E-state index in [0.29, 0.717) is 10.9 Å². The first-order chi connectivity index (χ1) is 6.88. The number of aromatic amines is 1. The Labute approximate surface area is 89.6 Å². The summed E-state index contributed by atoms with van der Waals surface area (Å²) in [4.78, 5) is 2.24. The lowest BCUT2D eigenvalue weighted by Gasteiger charge is -2.00. The van der Waals surface area contributed by atoms with E-state index in [9.17, 15) is 13.2 Å². The van der Waals surface area contributed by atoms with Crippen LogP contribution in [0.2, 0.25) is 5.02 Å². The minimum absolute atomic E-state index is 0.234. The fourth-order valence-electron chi connectivity index (χ4n) is 1.32. The molecule has 1 heterocycles. The Morgan fingerprint density at radius 3 is 2.47 bits per heavy atom. The molecular formula is C9H4BClF3N. The van der Waals surface area contributed by atoms with Gasteiger partial charge in [-0.25, -0.2) is 0 Å². The summed E-state index contributed by atoms with van der Waals surface area (Å²) in [7, 11) is 5.48. The standard InChI is InChI=1S/C9H4BClF3N/c10-5-1-4-2-8(9(12,13)14)15-7(4)3-6(5)11/h1-3,15H. The van der Waals surface area contributed by atoms with Crippen molar-refractivity contribution in [3.63, 3.8) is 0 Å². The van der Waals surface area contributed by atoms with Gasteiger partial charge in [-0.3, -0.25) is 0 Å². The highest BCUT2D eigenvalue weighted by atomic mass is 35.5. The maximum absolute atomic E-state index is 12.3. The Hall–Kier alpha value is -1.10. The van der Waals surface area contributed by atoms with Crippen LogP contribution < -0.4 is 5.46 Å². The zero-order valence-electron chi connectivity index (χ0n) is 7.32. The van der Waals surface area contributed by atoms with Gasteiger partial charge in [-0.1, -0.05) is 23.1 Å². The maximum atomic E-state index is 12.3. The van der Waals surface area contributed by atoms with E-state index in [2.05, 4.69) is 4.98 Å². The van der Waals surface area contributed by atoms with Gasteiger partial charge in [0.15, 0.2) is 0 Å². The van der Waals surface area contributed by atoms with Gasteiger partial charge in [-0.15, -0.1) is 0 Å². The molecule has 0 aliphatic carbocycles. The summed E-state index contributed by atoms with van der Waals surface area (Å²) in [6, 6.07) is 3.78. The molecule has 1 N–H and O–H groups in total. The Balaban J connectivity index is 2.66. The van der Waals surface area contributed by atoms with Crippen LogP contribution in [-0.2, 0) is 6.18 Å². The molecule has 0 unspecified atom stereocenters. The van der Waals surface area contributed by atoms with Crippen molar-refractivity contribution >= 4 is 35.8 Å².